The molecule has 0 unspecified atom stereocenters. The minimum Gasteiger partial charge on any atom is -0.392 e. The summed E-state index contributed by atoms with van der Waals surface area (Å²) in [4.78, 5) is 1.90. The van der Waals surface area contributed by atoms with Crippen molar-refractivity contribution in [1.29, 1.82) is 0 Å². The number of aliphatic hydroxyl groups is 1. The van der Waals surface area contributed by atoms with E-state index in [1.165, 1.54) is 12.1 Å². The Morgan fingerprint density at radius 3 is 2.86 bits per heavy atom. The number of hydrogen-bond acceptors (Lipinski definition) is 2. The maximum Gasteiger partial charge on any atom is 0.123 e. The predicted molar refractivity (Wildman–Crippen MR) is 55.8 cm³/mol. The fraction of sp³-hybridized carbons (Fsp3) is 0.273. The number of aliphatic hydroxyl groups excluding tert-OH is 1. The summed E-state index contributed by atoms with van der Waals surface area (Å²) in [5.41, 5.74) is 1.42. The van der Waals surface area contributed by atoms with Crippen LogP contribution >= 0.6 is 0 Å². The van der Waals surface area contributed by atoms with Crippen LogP contribution in [0, 0.1) is 5.82 Å². The number of benzene rings is 1. The molecule has 2 nitrogen and oxygen atoms in total. The summed E-state index contributed by atoms with van der Waals surface area (Å²) in [5.74, 6) is -0.329. The van der Waals surface area contributed by atoms with Crippen LogP contribution in [0.1, 0.15) is 5.56 Å². The average Bonchev–Trinajstić information content (AvgIpc) is 2.17. The van der Waals surface area contributed by atoms with Gasteiger partial charge in [0.1, 0.15) is 5.82 Å². The van der Waals surface area contributed by atoms with E-state index in [0.717, 1.165) is 5.69 Å². The zero-order valence-corrected chi connectivity index (χ0v) is 8.20. The van der Waals surface area contributed by atoms with Crippen LogP contribution in [0.2, 0.25) is 0 Å². The maximum atomic E-state index is 12.8. The van der Waals surface area contributed by atoms with E-state index in [-0.39, 0.29) is 12.4 Å². The largest absolute Gasteiger partial charge is 0.392 e. The number of hydrogen-bond donors (Lipinski definition) is 1. The molecule has 0 radical (unpaired) electrons. The molecule has 1 rings (SSSR count). The van der Waals surface area contributed by atoms with Gasteiger partial charge in [-0.1, -0.05) is 6.08 Å². The van der Waals surface area contributed by atoms with Gasteiger partial charge in [0.2, 0.25) is 0 Å². The molecule has 0 saturated carbocycles. The molecule has 0 aliphatic carbocycles. The molecule has 1 N–H and O–H groups in total. The molecule has 1 aromatic rings. The third kappa shape index (κ3) is 2.33. The molecule has 1 aromatic carbocycles. The molecule has 0 bridgehead atoms. The Labute approximate surface area is 83.3 Å². The molecule has 0 atom stereocenters. The molecule has 0 aliphatic rings. The highest BCUT2D eigenvalue weighted by atomic mass is 19.1. The molecule has 0 fully saturated rings. The Kier molecular flexibility index (Phi) is 3.65. The van der Waals surface area contributed by atoms with Crippen LogP contribution < -0.4 is 4.90 Å². The lowest BCUT2D eigenvalue weighted by atomic mass is 10.1. The number of halogens is 1. The van der Waals surface area contributed by atoms with Crippen LogP contribution in [0.25, 0.3) is 0 Å². The van der Waals surface area contributed by atoms with Crippen molar-refractivity contribution >= 4 is 5.69 Å². The monoisotopic (exact) mass is 195 g/mol. The van der Waals surface area contributed by atoms with Gasteiger partial charge in [-0.2, -0.15) is 0 Å². The first-order valence-corrected chi connectivity index (χ1v) is 4.40. The van der Waals surface area contributed by atoms with Crippen molar-refractivity contribution in [3.63, 3.8) is 0 Å². The summed E-state index contributed by atoms with van der Waals surface area (Å²) in [5, 5.41) is 9.04. The molecule has 0 amide bonds. The second-order valence-corrected chi connectivity index (χ2v) is 3.10. The van der Waals surface area contributed by atoms with Crippen LogP contribution in [0.4, 0.5) is 10.1 Å². The number of rotatable bonds is 4. The molecule has 3 heteroatoms. The number of nitrogens with zero attached hydrogens (tertiary/aromatic N) is 1. The fourth-order valence-electron chi connectivity index (χ4n) is 1.35. The summed E-state index contributed by atoms with van der Waals surface area (Å²) in [6, 6.07) is 4.38. The van der Waals surface area contributed by atoms with Crippen molar-refractivity contribution in [1.82, 2.24) is 0 Å². The van der Waals surface area contributed by atoms with Gasteiger partial charge in [0, 0.05) is 24.8 Å². The van der Waals surface area contributed by atoms with Crippen LogP contribution in [0.3, 0.4) is 0 Å². The minimum atomic E-state index is -0.329. The van der Waals surface area contributed by atoms with Gasteiger partial charge in [-0.3, -0.25) is 0 Å². The zero-order chi connectivity index (χ0) is 10.6. The zero-order valence-electron chi connectivity index (χ0n) is 8.20. The Balaban J connectivity index is 3.00. The topological polar surface area (TPSA) is 23.5 Å². The second kappa shape index (κ2) is 4.77. The van der Waals surface area contributed by atoms with Crippen LogP contribution in [-0.2, 0) is 6.61 Å². The van der Waals surface area contributed by atoms with E-state index >= 15 is 0 Å². The van der Waals surface area contributed by atoms with E-state index in [0.29, 0.717) is 12.1 Å². The third-order valence-corrected chi connectivity index (χ3v) is 2.03. The van der Waals surface area contributed by atoms with Crippen molar-refractivity contribution < 1.29 is 9.50 Å². The molecule has 76 valence electrons. The van der Waals surface area contributed by atoms with Crippen LogP contribution in [0.5, 0.6) is 0 Å². The number of anilines is 1. The number of likely N-dealkylation sites (N-methyl/N-ethyl adjacent to an activating group) is 1. The summed E-state index contributed by atoms with van der Waals surface area (Å²) < 4.78 is 12.8. The smallest absolute Gasteiger partial charge is 0.123 e. The summed E-state index contributed by atoms with van der Waals surface area (Å²) >= 11 is 0. The Hall–Kier alpha value is -1.35. The summed E-state index contributed by atoms with van der Waals surface area (Å²) in [6.07, 6.45) is 1.75. The molecule has 0 aliphatic heterocycles. The normalized spacial score (nSPS) is 9.93. The Morgan fingerprint density at radius 1 is 1.57 bits per heavy atom. The molecule has 0 heterocycles. The predicted octanol–water partition coefficient (Wildman–Crippen LogP) is 1.94. The molecular weight excluding hydrogens is 181 g/mol. The Bertz CT molecular complexity index is 325. The van der Waals surface area contributed by atoms with Gasteiger partial charge in [-0.15, -0.1) is 6.58 Å². The standard InChI is InChI=1S/C11H14FNO/c1-3-6-13(2)11-5-4-10(12)7-9(11)8-14/h3-5,7,14H,1,6,8H2,2H3. The van der Waals surface area contributed by atoms with E-state index in [9.17, 15) is 4.39 Å². The van der Waals surface area contributed by atoms with E-state index in [1.807, 2.05) is 11.9 Å². The average molecular weight is 195 g/mol. The van der Waals surface area contributed by atoms with Gasteiger partial charge < -0.3 is 10.0 Å². The fourth-order valence-corrected chi connectivity index (χ4v) is 1.35. The van der Waals surface area contributed by atoms with Crippen molar-refractivity contribution in [3.05, 3.63) is 42.2 Å². The molecule has 0 aromatic heterocycles. The summed E-state index contributed by atoms with van der Waals surface area (Å²) in [6.45, 7) is 4.13. The van der Waals surface area contributed by atoms with E-state index in [4.69, 9.17) is 5.11 Å². The molecule has 0 spiro atoms. The van der Waals surface area contributed by atoms with Crippen molar-refractivity contribution in [3.8, 4) is 0 Å². The van der Waals surface area contributed by atoms with Crippen molar-refractivity contribution in [2.45, 2.75) is 6.61 Å². The first-order valence-electron chi connectivity index (χ1n) is 4.40. The first kappa shape index (κ1) is 10.7. The van der Waals surface area contributed by atoms with Gasteiger partial charge in [0.05, 0.1) is 6.61 Å². The molecular formula is C11H14FNO. The third-order valence-electron chi connectivity index (χ3n) is 2.03. The maximum absolute atomic E-state index is 12.8. The lowest BCUT2D eigenvalue weighted by Gasteiger charge is -2.20. The molecule has 0 saturated heterocycles. The SMILES string of the molecule is C=CCN(C)c1ccc(F)cc1CO. The van der Waals surface area contributed by atoms with E-state index in [2.05, 4.69) is 6.58 Å². The highest BCUT2D eigenvalue weighted by molar-refractivity contribution is 5.53. The van der Waals surface area contributed by atoms with Gasteiger partial charge in [-0.25, -0.2) is 4.39 Å². The molecule has 14 heavy (non-hydrogen) atoms. The van der Waals surface area contributed by atoms with E-state index < -0.39 is 0 Å². The lowest BCUT2D eigenvalue weighted by molar-refractivity contribution is 0.281. The van der Waals surface area contributed by atoms with Gasteiger partial charge in [-0.05, 0) is 18.2 Å². The second-order valence-electron chi connectivity index (χ2n) is 3.10. The van der Waals surface area contributed by atoms with Gasteiger partial charge in [0.15, 0.2) is 0 Å². The van der Waals surface area contributed by atoms with E-state index in [1.54, 1.807) is 12.1 Å². The van der Waals surface area contributed by atoms with Gasteiger partial charge >= 0.3 is 0 Å². The lowest BCUT2D eigenvalue weighted by Crippen LogP contribution is -2.18. The highest BCUT2D eigenvalue weighted by Gasteiger charge is 2.06. The Morgan fingerprint density at radius 2 is 2.29 bits per heavy atom. The van der Waals surface area contributed by atoms with Crippen molar-refractivity contribution in [2.24, 2.45) is 0 Å². The highest BCUT2D eigenvalue weighted by Crippen LogP contribution is 2.20. The quantitative estimate of drug-likeness (QED) is 0.742. The van der Waals surface area contributed by atoms with Crippen molar-refractivity contribution in [2.75, 3.05) is 18.5 Å². The minimum absolute atomic E-state index is 0.158. The van der Waals surface area contributed by atoms with Crippen LogP contribution in [-0.4, -0.2) is 18.7 Å². The van der Waals surface area contributed by atoms with Crippen LogP contribution in [0.15, 0.2) is 30.9 Å². The summed E-state index contributed by atoms with van der Waals surface area (Å²) in [7, 11) is 1.87. The first-order chi connectivity index (χ1) is 6.69. The van der Waals surface area contributed by atoms with Gasteiger partial charge in [0.25, 0.3) is 0 Å².